The molecular formula is C17H32N2. The normalized spacial score (nSPS) is 36.5. The van der Waals surface area contributed by atoms with Crippen LogP contribution >= 0.6 is 0 Å². The van der Waals surface area contributed by atoms with Gasteiger partial charge in [-0.05, 0) is 39.2 Å². The van der Waals surface area contributed by atoms with Crippen molar-refractivity contribution in [1.29, 1.82) is 0 Å². The Balaban J connectivity index is 1.61. The number of hydrogen-bond donors (Lipinski definition) is 0. The van der Waals surface area contributed by atoms with Crippen molar-refractivity contribution < 1.29 is 0 Å². The summed E-state index contributed by atoms with van der Waals surface area (Å²) in [5.41, 5.74) is 0. The molecule has 0 aromatic heterocycles. The van der Waals surface area contributed by atoms with E-state index in [2.05, 4.69) is 16.7 Å². The SMILES string of the molecule is CC1CN2CCCCC2CN1C1CCCCCCC1. The third-order valence-corrected chi connectivity index (χ3v) is 5.78. The monoisotopic (exact) mass is 264 g/mol. The summed E-state index contributed by atoms with van der Waals surface area (Å²) in [6.07, 6.45) is 14.7. The van der Waals surface area contributed by atoms with E-state index in [1.54, 1.807) is 0 Å². The average molecular weight is 264 g/mol. The lowest BCUT2D eigenvalue weighted by Crippen LogP contribution is -2.61. The van der Waals surface area contributed by atoms with Crippen molar-refractivity contribution in [3.05, 3.63) is 0 Å². The number of nitrogens with zero attached hydrogens (tertiary/aromatic N) is 2. The summed E-state index contributed by atoms with van der Waals surface area (Å²) in [7, 11) is 0. The minimum Gasteiger partial charge on any atom is -0.298 e. The van der Waals surface area contributed by atoms with Gasteiger partial charge in [0.1, 0.15) is 0 Å². The fourth-order valence-electron chi connectivity index (χ4n) is 4.65. The maximum atomic E-state index is 2.90. The number of hydrogen-bond acceptors (Lipinski definition) is 2. The summed E-state index contributed by atoms with van der Waals surface area (Å²) < 4.78 is 0. The summed E-state index contributed by atoms with van der Waals surface area (Å²) >= 11 is 0. The van der Waals surface area contributed by atoms with Gasteiger partial charge in [0.05, 0.1) is 0 Å². The average Bonchev–Trinajstić information content (AvgIpc) is 2.38. The highest BCUT2D eigenvalue weighted by atomic mass is 15.3. The first-order valence-electron chi connectivity index (χ1n) is 8.84. The molecule has 2 atom stereocenters. The van der Waals surface area contributed by atoms with Crippen LogP contribution in [0.2, 0.25) is 0 Å². The van der Waals surface area contributed by atoms with Crippen LogP contribution < -0.4 is 0 Å². The van der Waals surface area contributed by atoms with E-state index >= 15 is 0 Å². The zero-order valence-electron chi connectivity index (χ0n) is 12.8. The molecule has 1 saturated carbocycles. The van der Waals surface area contributed by atoms with Gasteiger partial charge >= 0.3 is 0 Å². The van der Waals surface area contributed by atoms with Crippen LogP contribution in [-0.2, 0) is 0 Å². The number of fused-ring (bicyclic) bond motifs is 1. The second-order valence-corrected chi connectivity index (χ2v) is 7.19. The van der Waals surface area contributed by atoms with Gasteiger partial charge in [-0.15, -0.1) is 0 Å². The van der Waals surface area contributed by atoms with Gasteiger partial charge in [-0.25, -0.2) is 0 Å². The topological polar surface area (TPSA) is 6.48 Å². The lowest BCUT2D eigenvalue weighted by molar-refractivity contribution is -0.0134. The van der Waals surface area contributed by atoms with Crippen molar-refractivity contribution in [2.24, 2.45) is 0 Å². The fraction of sp³-hybridized carbons (Fsp3) is 1.00. The second kappa shape index (κ2) is 6.58. The van der Waals surface area contributed by atoms with Crippen molar-refractivity contribution >= 4 is 0 Å². The quantitative estimate of drug-likeness (QED) is 0.713. The van der Waals surface area contributed by atoms with E-state index in [1.807, 2.05) is 0 Å². The summed E-state index contributed by atoms with van der Waals surface area (Å²) in [5.74, 6) is 0. The minimum atomic E-state index is 0.791. The Kier molecular flexibility index (Phi) is 4.81. The molecule has 0 bridgehead atoms. The second-order valence-electron chi connectivity index (χ2n) is 7.19. The summed E-state index contributed by atoms with van der Waals surface area (Å²) in [5, 5.41) is 0. The molecule has 3 fully saturated rings. The number of piperidine rings is 1. The third kappa shape index (κ3) is 3.33. The molecule has 2 nitrogen and oxygen atoms in total. The van der Waals surface area contributed by atoms with Crippen molar-refractivity contribution in [1.82, 2.24) is 9.80 Å². The highest BCUT2D eigenvalue weighted by Gasteiger charge is 2.35. The molecule has 2 heteroatoms. The fourth-order valence-corrected chi connectivity index (χ4v) is 4.65. The van der Waals surface area contributed by atoms with Gasteiger partial charge in [-0.3, -0.25) is 9.80 Å². The molecule has 0 aromatic rings. The van der Waals surface area contributed by atoms with Crippen LogP contribution in [-0.4, -0.2) is 47.6 Å². The van der Waals surface area contributed by atoms with Gasteiger partial charge in [0.15, 0.2) is 0 Å². The third-order valence-electron chi connectivity index (χ3n) is 5.78. The largest absolute Gasteiger partial charge is 0.298 e. The lowest BCUT2D eigenvalue weighted by atomic mass is 9.91. The number of piperazine rings is 1. The van der Waals surface area contributed by atoms with E-state index in [0.29, 0.717) is 0 Å². The molecule has 0 N–H and O–H groups in total. The van der Waals surface area contributed by atoms with E-state index in [0.717, 1.165) is 18.1 Å². The molecule has 3 aliphatic rings. The smallest absolute Gasteiger partial charge is 0.0224 e. The molecule has 2 aliphatic heterocycles. The van der Waals surface area contributed by atoms with Crippen LogP contribution in [0.4, 0.5) is 0 Å². The van der Waals surface area contributed by atoms with Gasteiger partial charge in [0, 0.05) is 31.2 Å². The van der Waals surface area contributed by atoms with Crippen molar-refractivity contribution in [2.45, 2.75) is 89.3 Å². The van der Waals surface area contributed by atoms with Crippen LogP contribution in [0.3, 0.4) is 0 Å². The summed E-state index contributed by atoms with van der Waals surface area (Å²) in [6, 6.07) is 2.58. The standard InChI is InChI=1S/C17H32N2/c1-15-13-18-12-8-7-11-17(18)14-19(15)16-9-5-3-2-4-6-10-16/h15-17H,2-14H2,1H3. The number of rotatable bonds is 1. The molecule has 0 amide bonds. The van der Waals surface area contributed by atoms with E-state index in [9.17, 15) is 0 Å². The van der Waals surface area contributed by atoms with Crippen LogP contribution in [0, 0.1) is 0 Å². The zero-order chi connectivity index (χ0) is 13.1. The maximum absolute atomic E-state index is 2.90. The molecule has 110 valence electrons. The van der Waals surface area contributed by atoms with Crippen LogP contribution in [0.5, 0.6) is 0 Å². The van der Waals surface area contributed by atoms with Crippen molar-refractivity contribution in [3.63, 3.8) is 0 Å². The highest BCUT2D eigenvalue weighted by molar-refractivity contribution is 4.92. The van der Waals surface area contributed by atoms with Gasteiger partial charge in [0.25, 0.3) is 0 Å². The van der Waals surface area contributed by atoms with Crippen molar-refractivity contribution in [2.75, 3.05) is 19.6 Å². The van der Waals surface area contributed by atoms with E-state index in [-0.39, 0.29) is 0 Å². The highest BCUT2D eigenvalue weighted by Crippen LogP contribution is 2.29. The van der Waals surface area contributed by atoms with Gasteiger partial charge < -0.3 is 0 Å². The maximum Gasteiger partial charge on any atom is 0.0224 e. The molecule has 0 radical (unpaired) electrons. The lowest BCUT2D eigenvalue weighted by Gasteiger charge is -2.50. The first kappa shape index (κ1) is 13.9. The van der Waals surface area contributed by atoms with Crippen LogP contribution in [0.1, 0.15) is 71.1 Å². The first-order valence-corrected chi connectivity index (χ1v) is 8.84. The zero-order valence-corrected chi connectivity index (χ0v) is 12.8. The molecule has 19 heavy (non-hydrogen) atoms. The Labute approximate surface area is 119 Å². The van der Waals surface area contributed by atoms with Gasteiger partial charge in [-0.2, -0.15) is 0 Å². The summed E-state index contributed by atoms with van der Waals surface area (Å²) in [4.78, 5) is 5.69. The Morgan fingerprint density at radius 2 is 1.32 bits per heavy atom. The van der Waals surface area contributed by atoms with Gasteiger partial charge in [0.2, 0.25) is 0 Å². The Bertz CT molecular complexity index is 270. The minimum absolute atomic E-state index is 0.791. The predicted molar refractivity (Wildman–Crippen MR) is 81.5 cm³/mol. The molecule has 2 heterocycles. The van der Waals surface area contributed by atoms with Crippen LogP contribution in [0.25, 0.3) is 0 Å². The summed E-state index contributed by atoms with van der Waals surface area (Å²) in [6.45, 7) is 6.55. The van der Waals surface area contributed by atoms with E-state index < -0.39 is 0 Å². The molecule has 2 unspecified atom stereocenters. The molecule has 0 spiro atoms. The Hall–Kier alpha value is -0.0800. The Morgan fingerprint density at radius 3 is 2.11 bits per heavy atom. The van der Waals surface area contributed by atoms with Gasteiger partial charge in [-0.1, -0.05) is 38.5 Å². The van der Waals surface area contributed by atoms with Crippen LogP contribution in [0.15, 0.2) is 0 Å². The Morgan fingerprint density at radius 1 is 0.684 bits per heavy atom. The predicted octanol–water partition coefficient (Wildman–Crippen LogP) is 3.66. The molecule has 2 saturated heterocycles. The first-order chi connectivity index (χ1) is 9.34. The molecular weight excluding hydrogens is 232 g/mol. The molecule has 0 aromatic carbocycles. The van der Waals surface area contributed by atoms with E-state index in [1.165, 1.54) is 83.8 Å². The van der Waals surface area contributed by atoms with E-state index in [4.69, 9.17) is 0 Å². The molecule has 1 aliphatic carbocycles. The molecule has 3 rings (SSSR count). The van der Waals surface area contributed by atoms with Crippen molar-refractivity contribution in [3.8, 4) is 0 Å².